The van der Waals surface area contributed by atoms with Crippen molar-refractivity contribution in [2.45, 2.75) is 26.8 Å². The number of anilines is 1. The number of thiophene rings is 1. The van der Waals surface area contributed by atoms with Gasteiger partial charge in [0.2, 0.25) is 5.91 Å². The molecular weight excluding hydrogens is 292 g/mol. The molecule has 0 saturated heterocycles. The number of amides is 1. The van der Waals surface area contributed by atoms with Gasteiger partial charge < -0.3 is 11.1 Å². The van der Waals surface area contributed by atoms with Gasteiger partial charge in [0.25, 0.3) is 0 Å². The lowest BCUT2D eigenvalue weighted by Crippen LogP contribution is -2.13. The van der Waals surface area contributed by atoms with Gasteiger partial charge in [0.05, 0.1) is 10.6 Å². The maximum Gasteiger partial charge on any atom is 0.250 e. The Labute approximate surface area is 127 Å². The minimum atomic E-state index is -0.520. The van der Waals surface area contributed by atoms with Gasteiger partial charge in [0.1, 0.15) is 0 Å². The second kappa shape index (κ2) is 5.85. The van der Waals surface area contributed by atoms with E-state index in [1.807, 2.05) is 6.07 Å². The van der Waals surface area contributed by atoms with Crippen molar-refractivity contribution in [1.82, 2.24) is 0 Å². The largest absolute Gasteiger partial charge is 0.378 e. The fourth-order valence-electron chi connectivity index (χ4n) is 2.21. The Morgan fingerprint density at radius 1 is 1.35 bits per heavy atom. The molecule has 5 heteroatoms. The van der Waals surface area contributed by atoms with Crippen LogP contribution in [0.25, 0.3) is 0 Å². The molecule has 1 amide bonds. The number of primary amides is 1. The van der Waals surface area contributed by atoms with Crippen LogP contribution in [0, 0.1) is 13.8 Å². The molecule has 2 aromatic rings. The molecule has 0 spiro atoms. The third-order valence-corrected chi connectivity index (χ3v) is 4.47. The Bertz CT molecular complexity index is 651. The van der Waals surface area contributed by atoms with Crippen molar-refractivity contribution >= 4 is 34.5 Å². The van der Waals surface area contributed by atoms with E-state index in [0.29, 0.717) is 10.6 Å². The lowest BCUT2D eigenvalue weighted by molar-refractivity contribution is 0.100. The van der Waals surface area contributed by atoms with Crippen LogP contribution in [0.4, 0.5) is 5.69 Å². The fraction of sp³-hybridized carbons (Fsp3) is 0.267. The first kappa shape index (κ1) is 14.9. The number of hydrogen-bond donors (Lipinski definition) is 2. The molecule has 2 rings (SSSR count). The van der Waals surface area contributed by atoms with Gasteiger partial charge in [-0.15, -0.1) is 11.3 Å². The van der Waals surface area contributed by atoms with Crippen LogP contribution in [0.15, 0.2) is 24.3 Å². The summed E-state index contributed by atoms with van der Waals surface area (Å²) in [6, 6.07) is 7.56. The standard InChI is InChI=1S/C15H17ClN2OS/c1-8-6-12(10(3)20-8)9(2)18-11-4-5-14(16)13(7-11)15(17)19/h4-7,9,18H,1-3H3,(H2,17,19). The molecule has 0 aliphatic carbocycles. The van der Waals surface area contributed by atoms with Gasteiger partial charge in [0.15, 0.2) is 0 Å². The first-order chi connectivity index (χ1) is 9.38. The van der Waals surface area contributed by atoms with Crippen LogP contribution in [0.3, 0.4) is 0 Å². The smallest absolute Gasteiger partial charge is 0.250 e. The highest BCUT2D eigenvalue weighted by molar-refractivity contribution is 7.12. The number of aryl methyl sites for hydroxylation is 2. The Kier molecular flexibility index (Phi) is 4.35. The van der Waals surface area contributed by atoms with E-state index in [1.54, 1.807) is 23.5 Å². The van der Waals surface area contributed by atoms with Crippen molar-refractivity contribution in [2.75, 3.05) is 5.32 Å². The predicted octanol–water partition coefficient (Wildman–Crippen LogP) is 4.29. The molecule has 0 saturated carbocycles. The van der Waals surface area contributed by atoms with Crippen molar-refractivity contribution in [2.24, 2.45) is 5.73 Å². The summed E-state index contributed by atoms with van der Waals surface area (Å²) >= 11 is 7.73. The van der Waals surface area contributed by atoms with Gasteiger partial charge in [-0.05, 0) is 50.6 Å². The molecule has 106 valence electrons. The molecule has 0 aliphatic heterocycles. The molecule has 3 N–H and O–H groups in total. The summed E-state index contributed by atoms with van der Waals surface area (Å²) in [4.78, 5) is 13.9. The number of nitrogens with one attached hydrogen (secondary N) is 1. The zero-order chi connectivity index (χ0) is 14.9. The maximum absolute atomic E-state index is 11.3. The third kappa shape index (κ3) is 3.14. The summed E-state index contributed by atoms with van der Waals surface area (Å²) in [7, 11) is 0. The number of carbonyl (C=O) groups excluding carboxylic acids is 1. The molecule has 0 bridgehead atoms. The normalized spacial score (nSPS) is 12.2. The zero-order valence-corrected chi connectivity index (χ0v) is 13.2. The van der Waals surface area contributed by atoms with Crippen LogP contribution in [0.5, 0.6) is 0 Å². The quantitative estimate of drug-likeness (QED) is 0.885. The van der Waals surface area contributed by atoms with Gasteiger partial charge >= 0.3 is 0 Å². The maximum atomic E-state index is 11.3. The number of benzene rings is 1. The Morgan fingerprint density at radius 3 is 2.60 bits per heavy atom. The van der Waals surface area contributed by atoms with E-state index in [4.69, 9.17) is 17.3 Å². The highest BCUT2D eigenvalue weighted by Gasteiger charge is 2.13. The summed E-state index contributed by atoms with van der Waals surface area (Å²) in [6.45, 7) is 6.30. The number of halogens is 1. The minimum Gasteiger partial charge on any atom is -0.378 e. The van der Waals surface area contributed by atoms with Crippen molar-refractivity contribution in [3.8, 4) is 0 Å². The van der Waals surface area contributed by atoms with E-state index in [1.165, 1.54) is 15.3 Å². The van der Waals surface area contributed by atoms with E-state index >= 15 is 0 Å². The van der Waals surface area contributed by atoms with E-state index < -0.39 is 5.91 Å². The highest BCUT2D eigenvalue weighted by Crippen LogP contribution is 2.29. The molecule has 1 atom stereocenters. The minimum absolute atomic E-state index is 0.154. The first-order valence-electron chi connectivity index (χ1n) is 6.31. The van der Waals surface area contributed by atoms with Crippen LogP contribution in [-0.4, -0.2) is 5.91 Å². The average molecular weight is 309 g/mol. The molecule has 3 nitrogen and oxygen atoms in total. The average Bonchev–Trinajstić information content (AvgIpc) is 2.70. The zero-order valence-electron chi connectivity index (χ0n) is 11.7. The Morgan fingerprint density at radius 2 is 2.05 bits per heavy atom. The van der Waals surface area contributed by atoms with E-state index in [-0.39, 0.29) is 6.04 Å². The van der Waals surface area contributed by atoms with Crippen LogP contribution >= 0.6 is 22.9 Å². The molecule has 1 aromatic carbocycles. The molecular formula is C15H17ClN2OS. The van der Waals surface area contributed by atoms with Gasteiger partial charge in [0, 0.05) is 21.5 Å². The molecule has 0 fully saturated rings. The van der Waals surface area contributed by atoms with Crippen molar-refractivity contribution in [3.05, 3.63) is 50.2 Å². The monoisotopic (exact) mass is 308 g/mol. The second-order valence-corrected chi connectivity index (χ2v) is 6.66. The second-order valence-electron chi connectivity index (χ2n) is 4.79. The van der Waals surface area contributed by atoms with E-state index in [9.17, 15) is 4.79 Å². The number of nitrogens with two attached hydrogens (primary N) is 1. The molecule has 1 heterocycles. The van der Waals surface area contributed by atoms with Gasteiger partial charge in [-0.2, -0.15) is 0 Å². The Hall–Kier alpha value is -1.52. The summed E-state index contributed by atoms with van der Waals surface area (Å²) in [5.74, 6) is -0.520. The molecule has 20 heavy (non-hydrogen) atoms. The van der Waals surface area contributed by atoms with Crippen LogP contribution < -0.4 is 11.1 Å². The van der Waals surface area contributed by atoms with E-state index in [2.05, 4.69) is 32.2 Å². The van der Waals surface area contributed by atoms with Crippen LogP contribution in [-0.2, 0) is 0 Å². The summed E-state index contributed by atoms with van der Waals surface area (Å²) in [5, 5.41) is 3.75. The Balaban J connectivity index is 2.24. The van der Waals surface area contributed by atoms with Crippen LogP contribution in [0.2, 0.25) is 5.02 Å². The van der Waals surface area contributed by atoms with Gasteiger partial charge in [-0.25, -0.2) is 0 Å². The molecule has 1 aromatic heterocycles. The molecule has 1 unspecified atom stereocenters. The third-order valence-electron chi connectivity index (χ3n) is 3.16. The predicted molar refractivity (Wildman–Crippen MR) is 85.8 cm³/mol. The molecule has 0 aliphatic rings. The van der Waals surface area contributed by atoms with E-state index in [0.717, 1.165) is 5.69 Å². The highest BCUT2D eigenvalue weighted by atomic mass is 35.5. The number of carbonyl (C=O) groups is 1. The topological polar surface area (TPSA) is 55.1 Å². The summed E-state index contributed by atoms with van der Waals surface area (Å²) < 4.78 is 0. The van der Waals surface area contributed by atoms with Crippen molar-refractivity contribution < 1.29 is 4.79 Å². The lowest BCUT2D eigenvalue weighted by atomic mass is 10.1. The SMILES string of the molecule is Cc1cc(C(C)Nc2ccc(Cl)c(C(N)=O)c2)c(C)s1. The number of hydrogen-bond acceptors (Lipinski definition) is 3. The first-order valence-corrected chi connectivity index (χ1v) is 7.50. The fourth-order valence-corrected chi connectivity index (χ4v) is 3.45. The summed E-state index contributed by atoms with van der Waals surface area (Å²) in [5.41, 5.74) is 7.74. The number of rotatable bonds is 4. The summed E-state index contributed by atoms with van der Waals surface area (Å²) in [6.07, 6.45) is 0. The molecule has 0 radical (unpaired) electrons. The lowest BCUT2D eigenvalue weighted by Gasteiger charge is -2.16. The van der Waals surface area contributed by atoms with Crippen molar-refractivity contribution in [1.29, 1.82) is 0 Å². The van der Waals surface area contributed by atoms with Crippen molar-refractivity contribution in [3.63, 3.8) is 0 Å². The van der Waals surface area contributed by atoms with Crippen LogP contribution in [0.1, 0.15) is 38.6 Å². The van der Waals surface area contributed by atoms with Gasteiger partial charge in [-0.3, -0.25) is 4.79 Å². The van der Waals surface area contributed by atoms with Gasteiger partial charge in [-0.1, -0.05) is 11.6 Å².